The van der Waals surface area contributed by atoms with Gasteiger partial charge in [-0.05, 0) is 30.3 Å². The first-order valence-corrected chi connectivity index (χ1v) is 11.3. The third-order valence-electron chi connectivity index (χ3n) is 6.09. The number of methoxy groups -OCH3 is 3. The lowest BCUT2D eigenvalue weighted by Crippen LogP contribution is -2.31. The third kappa shape index (κ3) is 4.32. The number of hydrogen-bond donors (Lipinski definition) is 1. The number of pyridine rings is 1. The van der Waals surface area contributed by atoms with E-state index in [0.29, 0.717) is 41.7 Å². The van der Waals surface area contributed by atoms with Crippen molar-refractivity contribution in [3.63, 3.8) is 0 Å². The lowest BCUT2D eigenvalue weighted by atomic mass is 10.1. The van der Waals surface area contributed by atoms with Gasteiger partial charge in [0.05, 0.1) is 33.6 Å². The highest BCUT2D eigenvalue weighted by Gasteiger charge is 2.30. The van der Waals surface area contributed by atoms with Gasteiger partial charge in [-0.2, -0.15) is 5.10 Å². The first-order chi connectivity index (χ1) is 17.1. The van der Waals surface area contributed by atoms with Crippen LogP contribution in [-0.4, -0.2) is 66.5 Å². The van der Waals surface area contributed by atoms with Crippen LogP contribution in [0.15, 0.2) is 54.7 Å². The van der Waals surface area contributed by atoms with Gasteiger partial charge in [-0.1, -0.05) is 18.2 Å². The minimum Gasteiger partial charge on any atom is -0.493 e. The lowest BCUT2D eigenvalue weighted by Gasteiger charge is -2.17. The van der Waals surface area contributed by atoms with Crippen molar-refractivity contribution in [2.75, 3.05) is 34.4 Å². The fourth-order valence-electron chi connectivity index (χ4n) is 4.34. The quantitative estimate of drug-likeness (QED) is 0.433. The summed E-state index contributed by atoms with van der Waals surface area (Å²) in [5.74, 6) is 2.13. The molecule has 1 unspecified atom stereocenters. The number of rotatable bonds is 7. The minimum absolute atomic E-state index is 0.107. The van der Waals surface area contributed by atoms with Crippen LogP contribution in [0.2, 0.25) is 0 Å². The summed E-state index contributed by atoms with van der Waals surface area (Å²) in [4.78, 5) is 19.4. The highest BCUT2D eigenvalue weighted by atomic mass is 16.5. The number of para-hydroxylation sites is 1. The summed E-state index contributed by atoms with van der Waals surface area (Å²) in [6.45, 7) is 1.08. The van der Waals surface area contributed by atoms with Gasteiger partial charge in [0.1, 0.15) is 23.1 Å². The Morgan fingerprint density at radius 1 is 1.00 bits per heavy atom. The van der Waals surface area contributed by atoms with Crippen molar-refractivity contribution in [3.8, 4) is 34.3 Å². The van der Waals surface area contributed by atoms with Crippen LogP contribution in [-0.2, 0) is 0 Å². The topological polar surface area (TPSA) is 98.8 Å². The maximum absolute atomic E-state index is 13.2. The Bertz CT molecular complexity index is 1340. The van der Waals surface area contributed by atoms with E-state index >= 15 is 0 Å². The van der Waals surface area contributed by atoms with Crippen molar-refractivity contribution in [1.29, 1.82) is 0 Å². The predicted molar refractivity (Wildman–Crippen MR) is 130 cm³/mol. The SMILES string of the molecule is COc1cc(-c2cc(C(=O)N3CCC(Oc4cccc5cccnc45)C3)[nH]n2)cc(OC)c1OC. The highest BCUT2D eigenvalue weighted by Crippen LogP contribution is 2.41. The molecule has 2 aromatic carbocycles. The first-order valence-electron chi connectivity index (χ1n) is 11.3. The molecule has 9 heteroatoms. The zero-order valence-corrected chi connectivity index (χ0v) is 19.8. The van der Waals surface area contributed by atoms with Crippen LogP contribution in [0.1, 0.15) is 16.9 Å². The molecule has 1 saturated heterocycles. The van der Waals surface area contributed by atoms with Crippen LogP contribution in [0.4, 0.5) is 0 Å². The molecular formula is C26H26N4O5. The molecule has 1 N–H and O–H groups in total. The molecule has 0 bridgehead atoms. The molecule has 1 aliphatic heterocycles. The summed E-state index contributed by atoms with van der Waals surface area (Å²) in [6, 6.07) is 15.1. The lowest BCUT2D eigenvalue weighted by molar-refractivity contribution is 0.0767. The maximum atomic E-state index is 13.2. The first kappa shape index (κ1) is 22.5. The van der Waals surface area contributed by atoms with E-state index in [1.165, 1.54) is 0 Å². The summed E-state index contributed by atoms with van der Waals surface area (Å²) in [6.07, 6.45) is 2.39. The molecule has 1 amide bonds. The van der Waals surface area contributed by atoms with Crippen LogP contribution >= 0.6 is 0 Å². The molecule has 1 atom stereocenters. The number of nitrogens with one attached hydrogen (secondary N) is 1. The molecule has 9 nitrogen and oxygen atoms in total. The van der Waals surface area contributed by atoms with Crippen LogP contribution in [0.3, 0.4) is 0 Å². The summed E-state index contributed by atoms with van der Waals surface area (Å²) >= 11 is 0. The van der Waals surface area contributed by atoms with Gasteiger partial charge in [-0.25, -0.2) is 0 Å². The number of aromatic nitrogens is 3. The van der Waals surface area contributed by atoms with Crippen LogP contribution in [0.25, 0.3) is 22.2 Å². The van der Waals surface area contributed by atoms with Crippen LogP contribution in [0.5, 0.6) is 23.0 Å². The van der Waals surface area contributed by atoms with Gasteiger partial charge in [0.2, 0.25) is 5.75 Å². The largest absolute Gasteiger partial charge is 0.493 e. The molecule has 2 aromatic heterocycles. The number of carbonyl (C=O) groups excluding carboxylic acids is 1. The van der Waals surface area contributed by atoms with Crippen molar-refractivity contribution in [2.45, 2.75) is 12.5 Å². The summed E-state index contributed by atoms with van der Waals surface area (Å²) in [5.41, 5.74) is 2.56. The Kier molecular flexibility index (Phi) is 6.13. The number of ether oxygens (including phenoxy) is 4. The van der Waals surface area contributed by atoms with Gasteiger partial charge in [0.25, 0.3) is 5.91 Å². The van der Waals surface area contributed by atoms with E-state index in [9.17, 15) is 4.79 Å². The van der Waals surface area contributed by atoms with Gasteiger partial charge in [0, 0.05) is 30.1 Å². The van der Waals surface area contributed by atoms with E-state index in [0.717, 1.165) is 28.6 Å². The number of nitrogens with zero attached hydrogens (tertiary/aromatic N) is 3. The van der Waals surface area contributed by atoms with E-state index in [-0.39, 0.29) is 12.0 Å². The van der Waals surface area contributed by atoms with Crippen molar-refractivity contribution in [2.24, 2.45) is 0 Å². The Hall–Kier alpha value is -4.27. The maximum Gasteiger partial charge on any atom is 0.272 e. The average Bonchev–Trinajstić information content (AvgIpc) is 3.58. The van der Waals surface area contributed by atoms with Crippen molar-refractivity contribution in [3.05, 3.63) is 60.4 Å². The Labute approximate surface area is 202 Å². The molecule has 3 heterocycles. The second-order valence-corrected chi connectivity index (χ2v) is 8.19. The molecule has 1 fully saturated rings. The zero-order chi connectivity index (χ0) is 24.4. The molecule has 5 rings (SSSR count). The molecule has 1 aliphatic rings. The van der Waals surface area contributed by atoms with Crippen molar-refractivity contribution < 1.29 is 23.7 Å². The number of hydrogen-bond acceptors (Lipinski definition) is 7. The van der Waals surface area contributed by atoms with Gasteiger partial charge in [-0.15, -0.1) is 0 Å². The number of likely N-dealkylation sites (tertiary alicyclic amines) is 1. The van der Waals surface area contributed by atoms with E-state index in [4.69, 9.17) is 18.9 Å². The minimum atomic E-state index is -0.127. The van der Waals surface area contributed by atoms with Crippen LogP contribution < -0.4 is 18.9 Å². The molecule has 180 valence electrons. The normalized spacial score (nSPS) is 15.3. The summed E-state index contributed by atoms with van der Waals surface area (Å²) in [7, 11) is 4.66. The van der Waals surface area contributed by atoms with E-state index < -0.39 is 0 Å². The van der Waals surface area contributed by atoms with Crippen LogP contribution in [0, 0.1) is 0 Å². The molecule has 0 aliphatic carbocycles. The van der Waals surface area contributed by atoms with E-state index in [1.54, 1.807) is 50.6 Å². The van der Waals surface area contributed by atoms with Gasteiger partial charge < -0.3 is 23.8 Å². The number of benzene rings is 2. The average molecular weight is 475 g/mol. The fourth-order valence-corrected chi connectivity index (χ4v) is 4.34. The smallest absolute Gasteiger partial charge is 0.272 e. The summed E-state index contributed by atoms with van der Waals surface area (Å²) in [5, 5.41) is 8.23. The molecular weight excluding hydrogens is 448 g/mol. The number of aromatic amines is 1. The van der Waals surface area contributed by atoms with Crippen molar-refractivity contribution in [1.82, 2.24) is 20.1 Å². The monoisotopic (exact) mass is 474 g/mol. The zero-order valence-electron chi connectivity index (χ0n) is 19.8. The third-order valence-corrected chi connectivity index (χ3v) is 6.09. The molecule has 0 spiro atoms. The molecule has 0 radical (unpaired) electrons. The van der Waals surface area contributed by atoms with Gasteiger partial charge >= 0.3 is 0 Å². The number of carbonyl (C=O) groups is 1. The second-order valence-electron chi connectivity index (χ2n) is 8.19. The predicted octanol–water partition coefficient (Wildman–Crippen LogP) is 3.94. The van der Waals surface area contributed by atoms with Crippen molar-refractivity contribution >= 4 is 16.8 Å². The second kappa shape index (κ2) is 9.54. The van der Waals surface area contributed by atoms with E-state index in [1.807, 2.05) is 30.3 Å². The number of amides is 1. The highest BCUT2D eigenvalue weighted by molar-refractivity contribution is 5.93. The van der Waals surface area contributed by atoms with Gasteiger partial charge in [-0.3, -0.25) is 14.9 Å². The Morgan fingerprint density at radius 2 is 1.77 bits per heavy atom. The number of H-pyrrole nitrogens is 1. The molecule has 35 heavy (non-hydrogen) atoms. The fraction of sp³-hybridized carbons (Fsp3) is 0.269. The van der Waals surface area contributed by atoms with E-state index in [2.05, 4.69) is 15.2 Å². The summed E-state index contributed by atoms with van der Waals surface area (Å²) < 4.78 is 22.5. The Balaban J connectivity index is 1.31. The Morgan fingerprint density at radius 3 is 2.51 bits per heavy atom. The van der Waals surface area contributed by atoms with Gasteiger partial charge in [0.15, 0.2) is 11.5 Å². The standard InChI is InChI=1S/C26H26N4O5/c1-32-22-12-17(13-23(33-2)25(22)34-3)19-14-20(29-28-19)26(31)30-11-9-18(15-30)35-21-8-4-6-16-7-5-10-27-24(16)21/h4-8,10,12-14,18H,9,11,15H2,1-3H3,(H,28,29). The molecule has 4 aromatic rings. The molecule has 0 saturated carbocycles. The number of fused-ring (bicyclic) bond motifs is 1.